The molecule has 0 aliphatic carbocycles. The van der Waals surface area contributed by atoms with Crippen molar-refractivity contribution in [3.05, 3.63) is 16.5 Å². The number of nitrogens with two attached hydrogens (primary N) is 1. The summed E-state index contributed by atoms with van der Waals surface area (Å²) < 4.78 is 5.14. The molecule has 15 heavy (non-hydrogen) atoms. The lowest BCUT2D eigenvalue weighted by atomic mass is 10.2. The molecule has 0 saturated carbocycles. The lowest BCUT2D eigenvalue weighted by Gasteiger charge is -2.18. The van der Waals surface area contributed by atoms with Gasteiger partial charge in [0.25, 0.3) is 0 Å². The van der Waals surface area contributed by atoms with Crippen molar-refractivity contribution in [1.82, 2.24) is 0 Å². The maximum Gasteiger partial charge on any atom is 0.348 e. The van der Waals surface area contributed by atoms with Crippen molar-refractivity contribution in [2.45, 2.75) is 26.4 Å². The van der Waals surface area contributed by atoms with Crippen molar-refractivity contribution >= 4 is 22.3 Å². The van der Waals surface area contributed by atoms with Gasteiger partial charge in [-0.05, 0) is 26.8 Å². The van der Waals surface area contributed by atoms with Crippen molar-refractivity contribution in [2.24, 2.45) is 0 Å². The Kier molecular flexibility index (Phi) is 3.01. The van der Waals surface area contributed by atoms with Gasteiger partial charge in [-0.2, -0.15) is 5.26 Å². The summed E-state index contributed by atoms with van der Waals surface area (Å²) in [6.45, 7) is 5.35. The second-order valence-corrected chi connectivity index (χ2v) is 5.09. The topological polar surface area (TPSA) is 76.1 Å². The predicted molar refractivity (Wildman–Crippen MR) is 58.6 cm³/mol. The van der Waals surface area contributed by atoms with Gasteiger partial charge in [-0.3, -0.25) is 0 Å². The highest BCUT2D eigenvalue weighted by atomic mass is 32.1. The summed E-state index contributed by atoms with van der Waals surface area (Å²) in [7, 11) is 0. The van der Waals surface area contributed by atoms with Crippen LogP contribution < -0.4 is 5.73 Å². The van der Waals surface area contributed by atoms with Gasteiger partial charge in [-0.15, -0.1) is 11.3 Å². The molecule has 0 atom stereocenters. The summed E-state index contributed by atoms with van der Waals surface area (Å²) in [5, 5.41) is 9.02. The summed E-state index contributed by atoms with van der Waals surface area (Å²) in [6.07, 6.45) is 0. The number of nitrogens with zero attached hydrogens (tertiary/aromatic N) is 1. The van der Waals surface area contributed by atoms with Crippen LogP contribution in [0.5, 0.6) is 0 Å². The highest BCUT2D eigenvalue weighted by Gasteiger charge is 2.20. The summed E-state index contributed by atoms with van der Waals surface area (Å²) in [5.41, 5.74) is 5.32. The fraction of sp³-hybridized carbons (Fsp3) is 0.400. The van der Waals surface area contributed by atoms with E-state index in [2.05, 4.69) is 0 Å². The molecule has 0 radical (unpaired) electrons. The van der Waals surface area contributed by atoms with Gasteiger partial charge in [-0.25, -0.2) is 4.79 Å². The number of hydrogen-bond donors (Lipinski definition) is 1. The normalized spacial score (nSPS) is 10.8. The van der Waals surface area contributed by atoms with Crippen LogP contribution in [0, 0.1) is 11.3 Å². The highest BCUT2D eigenvalue weighted by Crippen LogP contribution is 2.26. The molecular formula is C10H12N2O2S. The van der Waals surface area contributed by atoms with Crippen molar-refractivity contribution in [3.63, 3.8) is 0 Å². The fourth-order valence-electron chi connectivity index (χ4n) is 0.921. The van der Waals surface area contributed by atoms with E-state index in [1.165, 1.54) is 6.07 Å². The molecule has 0 amide bonds. The third kappa shape index (κ3) is 2.96. The highest BCUT2D eigenvalue weighted by molar-refractivity contribution is 7.18. The summed E-state index contributed by atoms with van der Waals surface area (Å²) in [6, 6.07) is 3.36. The molecule has 0 bridgehead atoms. The molecule has 0 unspecified atom stereocenters. The quantitative estimate of drug-likeness (QED) is 0.741. The van der Waals surface area contributed by atoms with Crippen molar-refractivity contribution < 1.29 is 9.53 Å². The van der Waals surface area contributed by atoms with Crippen LogP contribution in [0.4, 0.5) is 5.00 Å². The molecule has 0 aliphatic rings. The molecular weight excluding hydrogens is 212 g/mol. The smallest absolute Gasteiger partial charge is 0.348 e. The van der Waals surface area contributed by atoms with E-state index in [9.17, 15) is 4.79 Å². The molecule has 1 aromatic heterocycles. The zero-order chi connectivity index (χ0) is 11.6. The number of rotatable bonds is 1. The molecule has 2 N–H and O–H groups in total. The number of thiophene rings is 1. The SMILES string of the molecule is CC(C)(C)OC(=O)c1cc(C#N)c(N)s1. The molecule has 80 valence electrons. The van der Waals surface area contributed by atoms with Crippen LogP contribution >= 0.6 is 11.3 Å². The van der Waals surface area contributed by atoms with E-state index in [4.69, 9.17) is 15.7 Å². The number of hydrogen-bond acceptors (Lipinski definition) is 5. The van der Waals surface area contributed by atoms with Crippen LogP contribution in [-0.2, 0) is 4.74 Å². The average Bonchev–Trinajstić information content (AvgIpc) is 2.43. The minimum absolute atomic E-state index is 0.320. The predicted octanol–water partition coefficient (Wildman–Crippen LogP) is 2.16. The van der Waals surface area contributed by atoms with Crippen LogP contribution in [0.25, 0.3) is 0 Å². The molecule has 1 rings (SSSR count). The number of carbonyl (C=O) groups is 1. The van der Waals surface area contributed by atoms with Crippen molar-refractivity contribution in [1.29, 1.82) is 5.26 Å². The Bertz CT molecular complexity index is 424. The van der Waals surface area contributed by atoms with E-state index >= 15 is 0 Å². The van der Waals surface area contributed by atoms with Crippen LogP contribution in [0.15, 0.2) is 6.07 Å². The van der Waals surface area contributed by atoms with Gasteiger partial charge in [0.15, 0.2) is 0 Å². The molecule has 0 aliphatic heterocycles. The Balaban J connectivity index is 2.89. The summed E-state index contributed by atoms with van der Waals surface area (Å²) in [4.78, 5) is 11.9. The van der Waals surface area contributed by atoms with Crippen LogP contribution in [0.2, 0.25) is 0 Å². The molecule has 1 heterocycles. The van der Waals surface area contributed by atoms with Gasteiger partial charge in [0.2, 0.25) is 0 Å². The Labute approximate surface area is 92.3 Å². The Morgan fingerprint density at radius 3 is 2.60 bits per heavy atom. The fourth-order valence-corrected chi connectivity index (χ4v) is 1.67. The molecule has 0 fully saturated rings. The lowest BCUT2D eigenvalue weighted by molar-refractivity contribution is 0.00752. The van der Waals surface area contributed by atoms with E-state index in [0.29, 0.717) is 15.4 Å². The standard InChI is InChI=1S/C10H12N2O2S/c1-10(2,3)14-9(13)7-4-6(5-11)8(12)15-7/h4H,12H2,1-3H3. The van der Waals surface area contributed by atoms with Crippen molar-refractivity contribution in [3.8, 4) is 6.07 Å². The lowest BCUT2D eigenvalue weighted by Crippen LogP contribution is -2.23. The maximum atomic E-state index is 11.6. The van der Waals surface area contributed by atoms with E-state index < -0.39 is 11.6 Å². The third-order valence-corrected chi connectivity index (χ3v) is 2.43. The van der Waals surface area contributed by atoms with Crippen LogP contribution in [0.3, 0.4) is 0 Å². The van der Waals surface area contributed by atoms with Crippen LogP contribution in [-0.4, -0.2) is 11.6 Å². The monoisotopic (exact) mass is 224 g/mol. The van der Waals surface area contributed by atoms with Crippen LogP contribution in [0.1, 0.15) is 36.0 Å². The Morgan fingerprint density at radius 2 is 2.20 bits per heavy atom. The van der Waals surface area contributed by atoms with Gasteiger partial charge in [0.1, 0.15) is 21.5 Å². The van der Waals surface area contributed by atoms with Gasteiger partial charge in [0.05, 0.1) is 5.56 Å². The average molecular weight is 224 g/mol. The number of ether oxygens (including phenoxy) is 1. The first-order valence-corrected chi connectivity index (χ1v) is 5.18. The molecule has 1 aromatic rings. The third-order valence-electron chi connectivity index (χ3n) is 1.48. The molecule has 5 heteroatoms. The van der Waals surface area contributed by atoms with Crippen molar-refractivity contribution in [2.75, 3.05) is 5.73 Å². The number of nitriles is 1. The number of carbonyl (C=O) groups excluding carboxylic acids is 1. The number of nitrogen functional groups attached to an aromatic ring is 1. The minimum Gasteiger partial charge on any atom is -0.456 e. The Morgan fingerprint density at radius 1 is 1.60 bits per heavy atom. The zero-order valence-electron chi connectivity index (χ0n) is 8.83. The van der Waals surface area contributed by atoms with E-state index in [1.807, 2.05) is 6.07 Å². The second kappa shape index (κ2) is 3.91. The maximum absolute atomic E-state index is 11.6. The van der Waals surface area contributed by atoms with Gasteiger partial charge >= 0.3 is 5.97 Å². The number of anilines is 1. The minimum atomic E-state index is -0.539. The first kappa shape index (κ1) is 11.5. The largest absolute Gasteiger partial charge is 0.456 e. The zero-order valence-corrected chi connectivity index (χ0v) is 9.64. The number of esters is 1. The molecule has 0 spiro atoms. The molecule has 0 aromatic carbocycles. The molecule has 0 saturated heterocycles. The van der Waals surface area contributed by atoms with E-state index in [1.54, 1.807) is 20.8 Å². The second-order valence-electron chi connectivity index (χ2n) is 4.00. The van der Waals surface area contributed by atoms with Gasteiger partial charge in [0, 0.05) is 0 Å². The Hall–Kier alpha value is -1.54. The first-order valence-electron chi connectivity index (χ1n) is 4.36. The molecule has 4 nitrogen and oxygen atoms in total. The van der Waals surface area contributed by atoms with E-state index in [-0.39, 0.29) is 0 Å². The van der Waals surface area contributed by atoms with E-state index in [0.717, 1.165) is 11.3 Å². The summed E-state index contributed by atoms with van der Waals surface area (Å²) in [5.74, 6) is -0.444. The van der Waals surface area contributed by atoms with Gasteiger partial charge < -0.3 is 10.5 Å². The summed E-state index contributed by atoms with van der Waals surface area (Å²) >= 11 is 1.07. The van der Waals surface area contributed by atoms with Gasteiger partial charge in [-0.1, -0.05) is 0 Å². The first-order chi connectivity index (χ1) is 6.83.